The van der Waals surface area contributed by atoms with E-state index in [9.17, 15) is 4.79 Å². The van der Waals surface area contributed by atoms with Gasteiger partial charge in [-0.2, -0.15) is 0 Å². The van der Waals surface area contributed by atoms with Gasteiger partial charge in [-0.1, -0.05) is 23.7 Å². The minimum absolute atomic E-state index is 0.147. The number of rotatable bonds is 5. The van der Waals surface area contributed by atoms with E-state index >= 15 is 0 Å². The van der Waals surface area contributed by atoms with Crippen molar-refractivity contribution in [2.75, 3.05) is 21.3 Å². The molecule has 26 heavy (non-hydrogen) atoms. The molecule has 0 radical (unpaired) electrons. The first-order valence-corrected chi connectivity index (χ1v) is 8.02. The van der Waals surface area contributed by atoms with Crippen LogP contribution >= 0.6 is 11.6 Å². The third kappa shape index (κ3) is 3.36. The number of hydrogen-bond acceptors (Lipinski definition) is 6. The molecule has 2 aromatic carbocycles. The van der Waals surface area contributed by atoms with Crippen molar-refractivity contribution < 1.29 is 23.7 Å². The van der Waals surface area contributed by atoms with Crippen LogP contribution in [0.25, 0.3) is 6.08 Å². The van der Waals surface area contributed by atoms with Crippen LogP contribution < -0.4 is 14.2 Å². The van der Waals surface area contributed by atoms with Crippen molar-refractivity contribution in [3.8, 4) is 17.2 Å². The standard InChI is InChI=1S/C19H16ClNO5/c1-23-15-9-11(10-16(24-2)17(15)25-3)8-14-19(22)26-18(21-14)12-6-4-5-7-13(12)20/h4-10H,1-3H3/b14-8+. The lowest BCUT2D eigenvalue weighted by molar-refractivity contribution is -0.129. The first kappa shape index (κ1) is 17.8. The summed E-state index contributed by atoms with van der Waals surface area (Å²) in [6.45, 7) is 0. The van der Waals surface area contributed by atoms with Crippen molar-refractivity contribution in [2.24, 2.45) is 4.99 Å². The molecule has 6 nitrogen and oxygen atoms in total. The summed E-state index contributed by atoms with van der Waals surface area (Å²) in [5.41, 5.74) is 1.35. The summed E-state index contributed by atoms with van der Waals surface area (Å²) in [6.07, 6.45) is 1.58. The van der Waals surface area contributed by atoms with Gasteiger partial charge in [-0.05, 0) is 35.9 Å². The van der Waals surface area contributed by atoms with Crippen molar-refractivity contribution >= 4 is 29.5 Å². The molecule has 0 spiro atoms. The molecule has 1 aliphatic rings. The van der Waals surface area contributed by atoms with Crippen LogP contribution in [0.15, 0.2) is 47.1 Å². The van der Waals surface area contributed by atoms with Crippen LogP contribution in [0.5, 0.6) is 17.2 Å². The number of benzene rings is 2. The highest BCUT2D eigenvalue weighted by Gasteiger charge is 2.25. The van der Waals surface area contributed by atoms with E-state index in [1.54, 1.807) is 42.5 Å². The lowest BCUT2D eigenvalue weighted by atomic mass is 10.1. The maximum absolute atomic E-state index is 12.2. The predicted octanol–water partition coefficient (Wildman–Crippen LogP) is 3.71. The Morgan fingerprint density at radius 2 is 1.69 bits per heavy atom. The van der Waals surface area contributed by atoms with Gasteiger partial charge in [0.05, 0.1) is 31.9 Å². The summed E-state index contributed by atoms with van der Waals surface area (Å²) in [4.78, 5) is 16.4. The highest BCUT2D eigenvalue weighted by molar-refractivity contribution is 6.34. The highest BCUT2D eigenvalue weighted by atomic mass is 35.5. The van der Waals surface area contributed by atoms with Gasteiger partial charge in [0.1, 0.15) is 0 Å². The van der Waals surface area contributed by atoms with Gasteiger partial charge in [0.25, 0.3) is 0 Å². The maximum atomic E-state index is 12.2. The van der Waals surface area contributed by atoms with E-state index in [1.807, 2.05) is 0 Å². The largest absolute Gasteiger partial charge is 0.493 e. The monoisotopic (exact) mass is 373 g/mol. The molecular weight excluding hydrogens is 358 g/mol. The third-order valence-electron chi connectivity index (χ3n) is 3.72. The quantitative estimate of drug-likeness (QED) is 0.590. The van der Waals surface area contributed by atoms with Gasteiger partial charge < -0.3 is 18.9 Å². The molecule has 0 saturated carbocycles. The average Bonchev–Trinajstić information content (AvgIpc) is 3.01. The molecule has 1 aliphatic heterocycles. The molecule has 0 amide bonds. The molecule has 0 atom stereocenters. The van der Waals surface area contributed by atoms with E-state index in [1.165, 1.54) is 21.3 Å². The number of aliphatic imine (C=N–C) groups is 1. The van der Waals surface area contributed by atoms with Crippen LogP contribution in [-0.4, -0.2) is 33.2 Å². The average molecular weight is 374 g/mol. The molecule has 0 N–H and O–H groups in total. The lowest BCUT2D eigenvalue weighted by Crippen LogP contribution is -2.05. The molecule has 1 heterocycles. The van der Waals surface area contributed by atoms with Crippen molar-refractivity contribution in [2.45, 2.75) is 0 Å². The SMILES string of the molecule is COc1cc(/C=C2/N=C(c3ccccc3Cl)OC2=O)cc(OC)c1OC. The Bertz CT molecular complexity index is 895. The van der Waals surface area contributed by atoms with E-state index < -0.39 is 5.97 Å². The van der Waals surface area contributed by atoms with Gasteiger partial charge in [-0.15, -0.1) is 0 Å². The van der Waals surface area contributed by atoms with Crippen molar-refractivity contribution in [3.05, 3.63) is 58.2 Å². The van der Waals surface area contributed by atoms with E-state index in [-0.39, 0.29) is 11.6 Å². The number of carbonyl (C=O) groups is 1. The number of halogens is 1. The van der Waals surface area contributed by atoms with E-state index in [0.717, 1.165) is 0 Å². The molecule has 0 bridgehead atoms. The summed E-state index contributed by atoms with van der Waals surface area (Å²) >= 11 is 6.13. The molecule has 2 aromatic rings. The van der Waals surface area contributed by atoms with Gasteiger partial charge in [0.2, 0.25) is 11.6 Å². The summed E-state index contributed by atoms with van der Waals surface area (Å²) in [7, 11) is 4.56. The summed E-state index contributed by atoms with van der Waals surface area (Å²) in [5.74, 6) is 1.01. The van der Waals surface area contributed by atoms with Crippen LogP contribution in [0.2, 0.25) is 5.02 Å². The topological polar surface area (TPSA) is 66.4 Å². The summed E-state index contributed by atoms with van der Waals surface area (Å²) in [6, 6.07) is 10.4. The second kappa shape index (κ2) is 7.49. The predicted molar refractivity (Wildman–Crippen MR) is 98.2 cm³/mol. The minimum Gasteiger partial charge on any atom is -0.493 e. The fraction of sp³-hybridized carbons (Fsp3) is 0.158. The number of carbonyl (C=O) groups excluding carboxylic acids is 1. The maximum Gasteiger partial charge on any atom is 0.363 e. The Labute approximate surface area is 155 Å². The number of cyclic esters (lactones) is 1. The highest BCUT2D eigenvalue weighted by Crippen LogP contribution is 2.39. The molecule has 0 fully saturated rings. The second-order valence-electron chi connectivity index (χ2n) is 5.27. The van der Waals surface area contributed by atoms with Crippen LogP contribution in [-0.2, 0) is 9.53 Å². The smallest absolute Gasteiger partial charge is 0.363 e. The van der Waals surface area contributed by atoms with Gasteiger partial charge in [-0.3, -0.25) is 0 Å². The molecule has 0 aromatic heterocycles. The van der Waals surface area contributed by atoms with E-state index in [4.69, 9.17) is 30.5 Å². The van der Waals surface area contributed by atoms with Crippen molar-refractivity contribution in [1.29, 1.82) is 0 Å². The number of esters is 1. The molecule has 0 unspecified atom stereocenters. The first-order valence-electron chi connectivity index (χ1n) is 7.65. The zero-order valence-electron chi connectivity index (χ0n) is 14.4. The molecule has 7 heteroatoms. The lowest BCUT2D eigenvalue weighted by Gasteiger charge is -2.12. The summed E-state index contributed by atoms with van der Waals surface area (Å²) in [5, 5.41) is 0.452. The van der Waals surface area contributed by atoms with E-state index in [2.05, 4.69) is 4.99 Å². The Balaban J connectivity index is 2.02. The number of methoxy groups -OCH3 is 3. The molecular formula is C19H16ClNO5. The fourth-order valence-corrected chi connectivity index (χ4v) is 2.72. The second-order valence-corrected chi connectivity index (χ2v) is 5.68. The molecule has 3 rings (SSSR count). The molecule has 0 saturated heterocycles. The van der Waals surface area contributed by atoms with Crippen LogP contribution in [0.1, 0.15) is 11.1 Å². The zero-order chi connectivity index (χ0) is 18.7. The van der Waals surface area contributed by atoms with E-state index in [0.29, 0.717) is 33.4 Å². The van der Waals surface area contributed by atoms with Crippen molar-refractivity contribution in [1.82, 2.24) is 0 Å². The third-order valence-corrected chi connectivity index (χ3v) is 4.04. The first-order chi connectivity index (χ1) is 12.6. The Kier molecular flexibility index (Phi) is 5.14. The Morgan fingerprint density at radius 1 is 1.04 bits per heavy atom. The number of ether oxygens (including phenoxy) is 4. The molecule has 0 aliphatic carbocycles. The zero-order valence-corrected chi connectivity index (χ0v) is 15.2. The van der Waals surface area contributed by atoms with Crippen LogP contribution in [0.3, 0.4) is 0 Å². The number of hydrogen-bond donors (Lipinski definition) is 0. The van der Waals surface area contributed by atoms with Gasteiger partial charge in [0, 0.05) is 0 Å². The van der Waals surface area contributed by atoms with Crippen molar-refractivity contribution in [3.63, 3.8) is 0 Å². The van der Waals surface area contributed by atoms with Crippen LogP contribution in [0, 0.1) is 0 Å². The van der Waals surface area contributed by atoms with Gasteiger partial charge >= 0.3 is 5.97 Å². The minimum atomic E-state index is -0.561. The van der Waals surface area contributed by atoms with Crippen LogP contribution in [0.4, 0.5) is 0 Å². The van der Waals surface area contributed by atoms with Gasteiger partial charge in [0.15, 0.2) is 17.2 Å². The normalized spacial score (nSPS) is 14.8. The Hall–Kier alpha value is -2.99. The molecule has 134 valence electrons. The fourth-order valence-electron chi connectivity index (χ4n) is 2.50. The van der Waals surface area contributed by atoms with Gasteiger partial charge in [-0.25, -0.2) is 9.79 Å². The number of nitrogens with zero attached hydrogens (tertiary/aromatic N) is 1. The summed E-state index contributed by atoms with van der Waals surface area (Å²) < 4.78 is 21.2. The Morgan fingerprint density at radius 3 is 2.27 bits per heavy atom.